The van der Waals surface area contributed by atoms with Crippen LogP contribution in [0.5, 0.6) is 0 Å². The first-order valence-electron chi connectivity index (χ1n) is 5.05. The minimum Gasteiger partial charge on any atom is -0.397 e. The van der Waals surface area contributed by atoms with Crippen LogP contribution in [0.2, 0.25) is 0 Å². The molecular weight excluding hydrogens is 271 g/mol. The summed E-state index contributed by atoms with van der Waals surface area (Å²) < 4.78 is 0. The fourth-order valence-electron chi connectivity index (χ4n) is 1.29. The van der Waals surface area contributed by atoms with Gasteiger partial charge in [-0.05, 0) is 0 Å². The number of hydrogen-bond acceptors (Lipinski definition) is 1. The van der Waals surface area contributed by atoms with Crippen LogP contribution >= 0.6 is 0 Å². The van der Waals surface area contributed by atoms with Gasteiger partial charge in [-0.2, -0.15) is 18.2 Å². The molecule has 2 rings (SSSR count). The standard InChI is InChI=1S/C7H9.C6H8N.Ru/c1-2-7-5-3-4-6-7;1-5-3-4-6(2)7-5;/h3,5H,2,4H2,1H3;3-4H,1-2H3;/q2*-1;+2. The van der Waals surface area contributed by atoms with E-state index in [1.54, 1.807) is 0 Å². The second-order valence-electron chi connectivity index (χ2n) is 3.39. The Morgan fingerprint density at radius 2 is 2.27 bits per heavy atom. The Hall–Kier alpha value is -0.617. The third-order valence-electron chi connectivity index (χ3n) is 2.07. The van der Waals surface area contributed by atoms with E-state index in [0.29, 0.717) is 0 Å². The number of rotatable bonds is 1. The summed E-state index contributed by atoms with van der Waals surface area (Å²) in [7, 11) is 0. The largest absolute Gasteiger partial charge is 2.00 e. The van der Waals surface area contributed by atoms with Gasteiger partial charge in [-0.3, -0.25) is 6.08 Å². The van der Waals surface area contributed by atoms with Gasteiger partial charge in [-0.25, -0.2) is 11.6 Å². The van der Waals surface area contributed by atoms with Gasteiger partial charge in [0.15, 0.2) is 0 Å². The Kier molecular flexibility index (Phi) is 7.33. The normalized spacial score (nSPS) is 12.6. The summed E-state index contributed by atoms with van der Waals surface area (Å²) in [4.78, 5) is 4.11. The summed E-state index contributed by atoms with van der Waals surface area (Å²) in [6.07, 6.45) is 9.65. The first kappa shape index (κ1) is 14.4. The maximum absolute atomic E-state index is 4.11. The first-order chi connectivity index (χ1) is 6.72. The zero-order valence-electron chi connectivity index (χ0n) is 9.52. The minimum atomic E-state index is 0. The minimum absolute atomic E-state index is 0. The van der Waals surface area contributed by atoms with Gasteiger partial charge in [-0.15, -0.1) is 12.1 Å². The Balaban J connectivity index is 0.000000245. The van der Waals surface area contributed by atoms with Crippen LogP contribution in [0.25, 0.3) is 0 Å². The molecule has 0 atom stereocenters. The van der Waals surface area contributed by atoms with E-state index in [1.165, 1.54) is 5.57 Å². The van der Waals surface area contributed by atoms with Crippen molar-refractivity contribution in [1.29, 1.82) is 0 Å². The zero-order chi connectivity index (χ0) is 10.4. The summed E-state index contributed by atoms with van der Waals surface area (Å²) in [5.41, 5.74) is 3.58. The summed E-state index contributed by atoms with van der Waals surface area (Å²) in [5.74, 6) is 0. The molecule has 0 fully saturated rings. The van der Waals surface area contributed by atoms with Crippen molar-refractivity contribution in [3.8, 4) is 0 Å². The number of allylic oxidation sites excluding steroid dienone is 4. The molecule has 1 aliphatic rings. The van der Waals surface area contributed by atoms with Gasteiger partial charge >= 0.3 is 19.5 Å². The maximum Gasteiger partial charge on any atom is 2.00 e. The molecule has 0 aromatic carbocycles. The Bertz CT molecular complexity index is 318. The number of hydrogen-bond donors (Lipinski definition) is 0. The third kappa shape index (κ3) is 5.74. The van der Waals surface area contributed by atoms with E-state index in [2.05, 4.69) is 30.1 Å². The quantitative estimate of drug-likeness (QED) is 0.569. The Morgan fingerprint density at radius 1 is 1.53 bits per heavy atom. The first-order valence-corrected chi connectivity index (χ1v) is 5.05. The molecule has 82 valence electrons. The number of aryl methyl sites for hydroxylation is 2. The van der Waals surface area contributed by atoms with E-state index in [0.717, 1.165) is 24.2 Å². The van der Waals surface area contributed by atoms with E-state index >= 15 is 0 Å². The topological polar surface area (TPSA) is 12.9 Å². The van der Waals surface area contributed by atoms with E-state index in [9.17, 15) is 0 Å². The third-order valence-corrected chi connectivity index (χ3v) is 2.07. The molecule has 1 aromatic rings. The van der Waals surface area contributed by atoms with E-state index < -0.39 is 0 Å². The molecule has 0 radical (unpaired) electrons. The molecule has 0 saturated heterocycles. The van der Waals surface area contributed by atoms with Crippen LogP contribution in [0, 0.1) is 19.9 Å². The molecule has 1 heterocycles. The van der Waals surface area contributed by atoms with Crippen LogP contribution in [0.15, 0.2) is 29.9 Å². The van der Waals surface area contributed by atoms with Crippen molar-refractivity contribution < 1.29 is 19.5 Å². The smallest absolute Gasteiger partial charge is 0.397 e. The molecule has 0 aliphatic heterocycles. The van der Waals surface area contributed by atoms with Crippen molar-refractivity contribution >= 4 is 0 Å². The molecule has 0 saturated carbocycles. The van der Waals surface area contributed by atoms with Crippen molar-refractivity contribution in [1.82, 2.24) is 4.98 Å². The number of aromatic nitrogens is 1. The molecule has 0 bridgehead atoms. The van der Waals surface area contributed by atoms with Crippen LogP contribution in [-0.2, 0) is 19.5 Å². The summed E-state index contributed by atoms with van der Waals surface area (Å²) in [6.45, 7) is 6.14. The molecule has 0 amide bonds. The predicted molar refractivity (Wildman–Crippen MR) is 60.1 cm³/mol. The maximum atomic E-state index is 4.11. The van der Waals surface area contributed by atoms with Gasteiger partial charge in [0.25, 0.3) is 0 Å². The second kappa shape index (κ2) is 7.65. The van der Waals surface area contributed by atoms with Crippen LogP contribution in [-0.4, -0.2) is 4.98 Å². The van der Waals surface area contributed by atoms with E-state index in [1.807, 2.05) is 26.0 Å². The number of nitrogens with zero attached hydrogens (tertiary/aromatic N) is 1. The predicted octanol–water partition coefficient (Wildman–Crippen LogP) is 3.50. The summed E-state index contributed by atoms with van der Waals surface area (Å²) >= 11 is 0. The average Bonchev–Trinajstić information content (AvgIpc) is 2.78. The van der Waals surface area contributed by atoms with Crippen molar-refractivity contribution in [2.75, 3.05) is 0 Å². The van der Waals surface area contributed by atoms with Crippen molar-refractivity contribution in [3.63, 3.8) is 0 Å². The molecular formula is C13H17NRu. The van der Waals surface area contributed by atoms with Crippen molar-refractivity contribution in [2.24, 2.45) is 0 Å². The van der Waals surface area contributed by atoms with Crippen molar-refractivity contribution in [3.05, 3.63) is 47.3 Å². The van der Waals surface area contributed by atoms with Gasteiger partial charge in [0.05, 0.1) is 0 Å². The molecule has 1 aromatic heterocycles. The zero-order valence-corrected chi connectivity index (χ0v) is 11.3. The fraction of sp³-hybridized carbons (Fsp3) is 0.385. The summed E-state index contributed by atoms with van der Waals surface area (Å²) in [5, 5.41) is 0. The molecule has 15 heavy (non-hydrogen) atoms. The van der Waals surface area contributed by atoms with Crippen LogP contribution in [0.4, 0.5) is 0 Å². The molecule has 1 aliphatic carbocycles. The van der Waals surface area contributed by atoms with Gasteiger partial charge in [0, 0.05) is 0 Å². The van der Waals surface area contributed by atoms with Gasteiger partial charge in [-0.1, -0.05) is 32.9 Å². The SMILES string of the molecule is CCC1=[C-]CC=C1.Cc1cc[c-](C)n1.[Ru+2]. The van der Waals surface area contributed by atoms with Crippen LogP contribution in [0.1, 0.15) is 31.2 Å². The van der Waals surface area contributed by atoms with Gasteiger partial charge in [0.2, 0.25) is 0 Å². The molecule has 0 N–H and O–H groups in total. The van der Waals surface area contributed by atoms with Crippen LogP contribution < -0.4 is 0 Å². The van der Waals surface area contributed by atoms with Crippen molar-refractivity contribution in [2.45, 2.75) is 33.6 Å². The van der Waals surface area contributed by atoms with Gasteiger partial charge in [0.1, 0.15) is 0 Å². The van der Waals surface area contributed by atoms with E-state index in [-0.39, 0.29) is 19.5 Å². The van der Waals surface area contributed by atoms with E-state index in [4.69, 9.17) is 0 Å². The van der Waals surface area contributed by atoms with Gasteiger partial charge < -0.3 is 4.98 Å². The average molecular weight is 288 g/mol. The Labute approximate surface area is 105 Å². The molecule has 1 nitrogen and oxygen atoms in total. The Morgan fingerprint density at radius 3 is 2.47 bits per heavy atom. The molecule has 0 spiro atoms. The molecule has 2 heteroatoms. The van der Waals surface area contributed by atoms with Crippen LogP contribution in [0.3, 0.4) is 0 Å². The monoisotopic (exact) mass is 289 g/mol. The fourth-order valence-corrected chi connectivity index (χ4v) is 1.29. The second-order valence-corrected chi connectivity index (χ2v) is 3.39. The summed E-state index contributed by atoms with van der Waals surface area (Å²) in [6, 6.07) is 4.02. The molecule has 0 unspecified atom stereocenters.